The summed E-state index contributed by atoms with van der Waals surface area (Å²) in [5.41, 5.74) is 0.797. The first-order valence-corrected chi connectivity index (χ1v) is 5.70. The molecule has 96 valence electrons. The highest BCUT2D eigenvalue weighted by molar-refractivity contribution is 6.34. The molecule has 2 N–H and O–H groups in total. The Labute approximate surface area is 113 Å². The van der Waals surface area contributed by atoms with Gasteiger partial charge in [-0.3, -0.25) is 9.78 Å². The third-order valence-corrected chi connectivity index (χ3v) is 2.70. The molecule has 2 rings (SSSR count). The van der Waals surface area contributed by atoms with E-state index in [9.17, 15) is 9.59 Å². The lowest BCUT2D eigenvalue weighted by Crippen LogP contribution is -2.12. The van der Waals surface area contributed by atoms with Crippen molar-refractivity contribution < 1.29 is 14.7 Å². The molecule has 1 aromatic heterocycles. The smallest absolute Gasteiger partial charge is 0.335 e. The number of aromatic nitrogens is 1. The second kappa shape index (κ2) is 5.49. The highest BCUT2D eigenvalue weighted by atomic mass is 35.5. The highest BCUT2D eigenvalue weighted by Crippen LogP contribution is 2.23. The number of hydrogen-bond donors (Lipinski definition) is 2. The van der Waals surface area contributed by atoms with Gasteiger partial charge in [-0.1, -0.05) is 11.6 Å². The first kappa shape index (κ1) is 13.0. The molecule has 5 nitrogen and oxygen atoms in total. The van der Waals surface area contributed by atoms with E-state index in [2.05, 4.69) is 10.3 Å². The minimum Gasteiger partial charge on any atom is -0.478 e. The topological polar surface area (TPSA) is 79.3 Å². The van der Waals surface area contributed by atoms with Gasteiger partial charge in [-0.05, 0) is 30.3 Å². The number of nitrogens with one attached hydrogen (secondary N) is 1. The summed E-state index contributed by atoms with van der Waals surface area (Å²) >= 11 is 5.91. The Hall–Kier alpha value is -2.40. The van der Waals surface area contributed by atoms with Crippen LogP contribution in [-0.4, -0.2) is 22.0 Å². The molecule has 0 aliphatic heterocycles. The van der Waals surface area contributed by atoms with Gasteiger partial charge < -0.3 is 10.4 Å². The number of carboxylic acids is 1. The molecule has 0 aliphatic carbocycles. The average Bonchev–Trinajstić information content (AvgIpc) is 2.41. The third-order valence-electron chi connectivity index (χ3n) is 2.39. The fourth-order valence-corrected chi connectivity index (χ4v) is 1.67. The summed E-state index contributed by atoms with van der Waals surface area (Å²) in [6.07, 6.45) is 2.99. The third kappa shape index (κ3) is 3.08. The van der Waals surface area contributed by atoms with E-state index >= 15 is 0 Å². The van der Waals surface area contributed by atoms with E-state index in [0.717, 1.165) is 0 Å². The monoisotopic (exact) mass is 276 g/mol. The fraction of sp³-hybridized carbons (Fsp3) is 0. The number of hydrogen-bond acceptors (Lipinski definition) is 3. The number of aromatic carboxylic acids is 1. The summed E-state index contributed by atoms with van der Waals surface area (Å²) in [7, 11) is 0. The maximum absolute atomic E-state index is 11.9. The lowest BCUT2D eigenvalue weighted by Gasteiger charge is -2.07. The Bertz CT molecular complexity index is 629. The van der Waals surface area contributed by atoms with Gasteiger partial charge in [-0.25, -0.2) is 4.79 Å². The van der Waals surface area contributed by atoms with Gasteiger partial charge >= 0.3 is 5.97 Å². The van der Waals surface area contributed by atoms with Gasteiger partial charge in [-0.2, -0.15) is 0 Å². The van der Waals surface area contributed by atoms with Crippen molar-refractivity contribution in [2.45, 2.75) is 0 Å². The van der Waals surface area contributed by atoms with Crippen LogP contribution in [0.2, 0.25) is 5.02 Å². The molecule has 0 saturated heterocycles. The molecule has 0 fully saturated rings. The van der Waals surface area contributed by atoms with Crippen LogP contribution in [0.5, 0.6) is 0 Å². The minimum absolute atomic E-state index is 0.0596. The fourth-order valence-electron chi connectivity index (χ4n) is 1.44. The van der Waals surface area contributed by atoms with Crippen LogP contribution in [0.15, 0.2) is 42.7 Å². The van der Waals surface area contributed by atoms with Crippen LogP contribution in [0.3, 0.4) is 0 Å². The Morgan fingerprint density at radius 3 is 2.58 bits per heavy atom. The largest absolute Gasteiger partial charge is 0.478 e. The predicted molar refractivity (Wildman–Crippen MR) is 70.6 cm³/mol. The summed E-state index contributed by atoms with van der Waals surface area (Å²) in [6, 6.07) is 7.35. The normalized spacial score (nSPS) is 9.95. The van der Waals surface area contributed by atoms with E-state index < -0.39 is 5.97 Å². The number of pyridine rings is 1. The van der Waals surface area contributed by atoms with Gasteiger partial charge in [0, 0.05) is 12.4 Å². The molecule has 0 aliphatic rings. The zero-order chi connectivity index (χ0) is 13.8. The zero-order valence-corrected chi connectivity index (χ0v) is 10.4. The molecule has 1 amide bonds. The number of carbonyl (C=O) groups is 2. The highest BCUT2D eigenvalue weighted by Gasteiger charge is 2.10. The van der Waals surface area contributed by atoms with Gasteiger partial charge in [0.05, 0.1) is 21.8 Å². The number of nitrogens with zero attached hydrogens (tertiary/aromatic N) is 1. The number of halogens is 1. The van der Waals surface area contributed by atoms with Crippen molar-refractivity contribution in [3.05, 3.63) is 58.9 Å². The molecule has 1 aromatic carbocycles. The second-order valence-corrected chi connectivity index (χ2v) is 4.10. The standard InChI is InChI=1S/C13H9ClN2O3/c14-10-6-8(13(18)19)3-4-11(10)16-12(17)9-2-1-5-15-7-9/h1-7H,(H,16,17)(H,18,19). The van der Waals surface area contributed by atoms with Gasteiger partial charge in [0.2, 0.25) is 0 Å². The summed E-state index contributed by atoms with van der Waals surface area (Å²) in [5.74, 6) is -1.44. The molecule has 19 heavy (non-hydrogen) atoms. The van der Waals surface area contributed by atoms with E-state index in [0.29, 0.717) is 11.3 Å². The Balaban J connectivity index is 2.20. The molecule has 0 saturated carbocycles. The van der Waals surface area contributed by atoms with Crippen LogP contribution in [0.25, 0.3) is 0 Å². The number of carbonyl (C=O) groups excluding carboxylic acids is 1. The number of amides is 1. The molecule has 6 heteroatoms. The van der Waals surface area contributed by atoms with Crippen LogP contribution < -0.4 is 5.32 Å². The first-order valence-electron chi connectivity index (χ1n) is 5.32. The quantitative estimate of drug-likeness (QED) is 0.903. The van der Waals surface area contributed by atoms with Crippen molar-refractivity contribution in [2.75, 3.05) is 5.32 Å². The van der Waals surface area contributed by atoms with Crippen molar-refractivity contribution >= 4 is 29.2 Å². The molecular formula is C13H9ClN2O3. The maximum Gasteiger partial charge on any atom is 0.335 e. The number of anilines is 1. The van der Waals surface area contributed by atoms with Gasteiger partial charge in [0.25, 0.3) is 5.91 Å². The summed E-state index contributed by atoms with van der Waals surface area (Å²) < 4.78 is 0. The van der Waals surface area contributed by atoms with Crippen LogP contribution in [0.1, 0.15) is 20.7 Å². The number of carboxylic acid groups (broad SMARTS) is 1. The SMILES string of the molecule is O=C(O)c1ccc(NC(=O)c2cccnc2)c(Cl)c1. The summed E-state index contributed by atoms with van der Waals surface area (Å²) in [4.78, 5) is 26.4. The van der Waals surface area contributed by atoms with E-state index in [-0.39, 0.29) is 16.5 Å². The minimum atomic E-state index is -1.08. The average molecular weight is 277 g/mol. The zero-order valence-electron chi connectivity index (χ0n) is 9.63. The van der Waals surface area contributed by atoms with Crippen LogP contribution in [0.4, 0.5) is 5.69 Å². The molecule has 0 bridgehead atoms. The van der Waals surface area contributed by atoms with Gasteiger partial charge in [0.1, 0.15) is 0 Å². The Morgan fingerprint density at radius 1 is 1.21 bits per heavy atom. The Morgan fingerprint density at radius 2 is 2.00 bits per heavy atom. The van der Waals surface area contributed by atoms with E-state index in [4.69, 9.17) is 16.7 Å². The molecular weight excluding hydrogens is 268 g/mol. The van der Waals surface area contributed by atoms with Crippen molar-refractivity contribution in [2.24, 2.45) is 0 Å². The maximum atomic E-state index is 11.9. The molecule has 0 unspecified atom stereocenters. The van der Waals surface area contributed by atoms with E-state index in [1.54, 1.807) is 18.3 Å². The molecule has 0 spiro atoms. The van der Waals surface area contributed by atoms with E-state index in [1.165, 1.54) is 24.4 Å². The Kier molecular flexibility index (Phi) is 3.77. The van der Waals surface area contributed by atoms with Crippen molar-refractivity contribution in [1.82, 2.24) is 4.98 Å². The van der Waals surface area contributed by atoms with E-state index in [1.807, 2.05) is 0 Å². The van der Waals surface area contributed by atoms with Crippen molar-refractivity contribution in [1.29, 1.82) is 0 Å². The lowest BCUT2D eigenvalue weighted by atomic mass is 10.2. The number of benzene rings is 1. The second-order valence-electron chi connectivity index (χ2n) is 3.70. The van der Waals surface area contributed by atoms with Crippen molar-refractivity contribution in [3.8, 4) is 0 Å². The molecule has 1 heterocycles. The molecule has 0 radical (unpaired) electrons. The molecule has 2 aromatic rings. The van der Waals surface area contributed by atoms with Crippen molar-refractivity contribution in [3.63, 3.8) is 0 Å². The predicted octanol–water partition coefficient (Wildman–Crippen LogP) is 2.69. The van der Waals surface area contributed by atoms with Gasteiger partial charge in [0.15, 0.2) is 0 Å². The summed E-state index contributed by atoms with van der Waals surface area (Å²) in [5, 5.41) is 11.6. The van der Waals surface area contributed by atoms with Crippen LogP contribution in [-0.2, 0) is 0 Å². The van der Waals surface area contributed by atoms with Gasteiger partial charge in [-0.15, -0.1) is 0 Å². The van der Waals surface area contributed by atoms with Crippen LogP contribution >= 0.6 is 11.6 Å². The lowest BCUT2D eigenvalue weighted by molar-refractivity contribution is 0.0696. The summed E-state index contributed by atoms with van der Waals surface area (Å²) in [6.45, 7) is 0. The number of rotatable bonds is 3. The molecule has 0 atom stereocenters. The first-order chi connectivity index (χ1) is 9.08. The van der Waals surface area contributed by atoms with Crippen LogP contribution in [0, 0.1) is 0 Å².